The summed E-state index contributed by atoms with van der Waals surface area (Å²) in [6.45, 7) is 0. The predicted octanol–water partition coefficient (Wildman–Crippen LogP) is 0.821. The number of hydrogen-bond acceptors (Lipinski definition) is 3. The Morgan fingerprint density at radius 2 is 1.58 bits per heavy atom. The van der Waals surface area contributed by atoms with E-state index in [0.29, 0.717) is 5.56 Å². The molecule has 0 radical (unpaired) electrons. The molecule has 1 unspecified atom stereocenters. The van der Waals surface area contributed by atoms with Crippen molar-refractivity contribution in [3.63, 3.8) is 0 Å². The van der Waals surface area contributed by atoms with Crippen LogP contribution in [0.5, 0.6) is 0 Å². The van der Waals surface area contributed by atoms with E-state index in [-0.39, 0.29) is 5.56 Å². The van der Waals surface area contributed by atoms with Gasteiger partial charge in [0.15, 0.2) is 0 Å². The average molecular weight is 262 g/mol. The number of carboxylic acid groups (broad SMARTS) is 3. The van der Waals surface area contributed by atoms with Crippen LogP contribution in [0.15, 0.2) is 30.3 Å². The van der Waals surface area contributed by atoms with Gasteiger partial charge in [-0.05, 0) is 11.1 Å². The van der Waals surface area contributed by atoms with Gasteiger partial charge in [-0.15, -0.1) is 0 Å². The van der Waals surface area contributed by atoms with E-state index < -0.39 is 29.2 Å². The van der Waals surface area contributed by atoms with E-state index in [0.717, 1.165) is 6.08 Å². The molecule has 1 atom stereocenters. The Bertz CT molecular complexity index is 587. The van der Waals surface area contributed by atoms with Crippen LogP contribution in [-0.2, 0) is 19.8 Å². The molecule has 0 heterocycles. The Hall–Kier alpha value is -2.63. The third-order valence-corrected chi connectivity index (χ3v) is 3.26. The zero-order valence-electron chi connectivity index (χ0n) is 9.61. The standard InChI is InChI=1S/C13H10O6/c14-10(15)9-6-5-7-3-1-2-4-8(7)13(9,11(16)17)12(18)19/h1-6,9H,(H,14,15)(H,16,17)(H,18,19). The smallest absolute Gasteiger partial charge is 0.326 e. The molecule has 1 aliphatic carbocycles. The molecule has 1 aromatic carbocycles. The number of aliphatic carboxylic acids is 3. The predicted molar refractivity (Wildman–Crippen MR) is 63.6 cm³/mol. The van der Waals surface area contributed by atoms with Crippen molar-refractivity contribution in [1.82, 2.24) is 0 Å². The first kappa shape index (κ1) is 12.8. The summed E-state index contributed by atoms with van der Waals surface area (Å²) in [4.78, 5) is 34.2. The van der Waals surface area contributed by atoms with Crippen molar-refractivity contribution >= 4 is 24.0 Å². The molecule has 0 aromatic heterocycles. The van der Waals surface area contributed by atoms with Crippen LogP contribution in [0, 0.1) is 5.92 Å². The molecule has 0 amide bonds. The molecule has 0 saturated heterocycles. The molecular weight excluding hydrogens is 252 g/mol. The molecule has 0 bridgehead atoms. The molecule has 3 N–H and O–H groups in total. The van der Waals surface area contributed by atoms with E-state index in [2.05, 4.69) is 0 Å². The van der Waals surface area contributed by atoms with Gasteiger partial charge in [-0.2, -0.15) is 0 Å². The van der Waals surface area contributed by atoms with E-state index in [1.54, 1.807) is 12.1 Å². The normalized spacial score (nSPS) is 19.5. The maximum Gasteiger partial charge on any atom is 0.326 e. The molecule has 6 nitrogen and oxygen atoms in total. The summed E-state index contributed by atoms with van der Waals surface area (Å²) in [7, 11) is 0. The summed E-state index contributed by atoms with van der Waals surface area (Å²) in [5, 5.41) is 27.8. The number of benzene rings is 1. The van der Waals surface area contributed by atoms with Crippen molar-refractivity contribution in [2.45, 2.75) is 5.41 Å². The van der Waals surface area contributed by atoms with Crippen molar-refractivity contribution in [2.24, 2.45) is 5.92 Å². The van der Waals surface area contributed by atoms with Crippen LogP contribution in [0.1, 0.15) is 11.1 Å². The minimum atomic E-state index is -2.50. The number of carbonyl (C=O) groups is 3. The van der Waals surface area contributed by atoms with E-state index in [9.17, 15) is 24.6 Å². The molecule has 6 heteroatoms. The Kier molecular flexibility index (Phi) is 2.86. The zero-order valence-corrected chi connectivity index (χ0v) is 9.61. The fraction of sp³-hybridized carbons (Fsp3) is 0.154. The van der Waals surface area contributed by atoms with Crippen molar-refractivity contribution in [2.75, 3.05) is 0 Å². The van der Waals surface area contributed by atoms with Gasteiger partial charge in [-0.3, -0.25) is 14.4 Å². The van der Waals surface area contributed by atoms with Crippen LogP contribution in [0.4, 0.5) is 0 Å². The second kappa shape index (κ2) is 4.24. The van der Waals surface area contributed by atoms with E-state index in [1.807, 2.05) is 0 Å². The van der Waals surface area contributed by atoms with Crippen molar-refractivity contribution in [1.29, 1.82) is 0 Å². The Balaban J connectivity index is 2.83. The van der Waals surface area contributed by atoms with Crippen molar-refractivity contribution in [3.8, 4) is 0 Å². The number of rotatable bonds is 3. The van der Waals surface area contributed by atoms with Crippen LogP contribution in [0.3, 0.4) is 0 Å². The Morgan fingerprint density at radius 1 is 1.00 bits per heavy atom. The molecule has 98 valence electrons. The van der Waals surface area contributed by atoms with Gasteiger partial charge in [0.1, 0.15) is 5.92 Å². The van der Waals surface area contributed by atoms with Crippen LogP contribution < -0.4 is 0 Å². The molecule has 2 rings (SSSR count). The Morgan fingerprint density at radius 3 is 2.11 bits per heavy atom. The van der Waals surface area contributed by atoms with Crippen molar-refractivity contribution < 1.29 is 29.7 Å². The lowest BCUT2D eigenvalue weighted by atomic mass is 9.66. The minimum Gasteiger partial charge on any atom is -0.481 e. The highest BCUT2D eigenvalue weighted by Gasteiger charge is 2.58. The maximum absolute atomic E-state index is 11.5. The third kappa shape index (κ3) is 1.61. The number of carboxylic acids is 3. The molecule has 19 heavy (non-hydrogen) atoms. The third-order valence-electron chi connectivity index (χ3n) is 3.26. The number of hydrogen-bond donors (Lipinski definition) is 3. The lowest BCUT2D eigenvalue weighted by Gasteiger charge is -2.33. The van der Waals surface area contributed by atoms with Gasteiger partial charge >= 0.3 is 17.9 Å². The van der Waals surface area contributed by atoms with Gasteiger partial charge in [-0.1, -0.05) is 36.4 Å². The monoisotopic (exact) mass is 262 g/mol. The first-order valence-corrected chi connectivity index (χ1v) is 5.39. The van der Waals surface area contributed by atoms with E-state index >= 15 is 0 Å². The maximum atomic E-state index is 11.5. The second-order valence-electron chi connectivity index (χ2n) is 4.18. The highest BCUT2D eigenvalue weighted by atomic mass is 16.4. The van der Waals surface area contributed by atoms with Gasteiger partial charge in [0.25, 0.3) is 0 Å². The van der Waals surface area contributed by atoms with Crippen LogP contribution in [0.2, 0.25) is 0 Å². The summed E-state index contributed by atoms with van der Waals surface area (Å²) < 4.78 is 0. The fourth-order valence-corrected chi connectivity index (χ4v) is 2.37. The number of fused-ring (bicyclic) bond motifs is 1. The Labute approximate surface area is 107 Å². The summed E-state index contributed by atoms with van der Waals surface area (Å²) in [6.07, 6.45) is 2.53. The molecule has 0 saturated carbocycles. The highest BCUT2D eigenvalue weighted by molar-refractivity contribution is 6.10. The quantitative estimate of drug-likeness (QED) is 0.695. The first-order chi connectivity index (χ1) is 8.92. The second-order valence-corrected chi connectivity index (χ2v) is 4.18. The lowest BCUT2D eigenvalue weighted by Crippen LogP contribution is -2.53. The highest BCUT2D eigenvalue weighted by Crippen LogP contribution is 2.40. The topological polar surface area (TPSA) is 112 Å². The SMILES string of the molecule is O=C(O)C1C=Cc2ccccc2C1(C(=O)O)C(=O)O. The van der Waals surface area contributed by atoms with Gasteiger partial charge in [0, 0.05) is 0 Å². The van der Waals surface area contributed by atoms with Crippen LogP contribution in [0.25, 0.3) is 6.08 Å². The molecule has 0 spiro atoms. The average Bonchev–Trinajstić information content (AvgIpc) is 2.36. The van der Waals surface area contributed by atoms with Crippen molar-refractivity contribution in [3.05, 3.63) is 41.5 Å². The van der Waals surface area contributed by atoms with Gasteiger partial charge < -0.3 is 15.3 Å². The largest absolute Gasteiger partial charge is 0.481 e. The molecule has 0 fully saturated rings. The van der Waals surface area contributed by atoms with Crippen LogP contribution in [-0.4, -0.2) is 33.2 Å². The lowest BCUT2D eigenvalue weighted by molar-refractivity contribution is -0.166. The van der Waals surface area contributed by atoms with Crippen LogP contribution >= 0.6 is 0 Å². The first-order valence-electron chi connectivity index (χ1n) is 5.39. The molecule has 1 aromatic rings. The zero-order chi connectivity index (χ0) is 14.2. The fourth-order valence-electron chi connectivity index (χ4n) is 2.37. The minimum absolute atomic E-state index is 0.0232. The summed E-state index contributed by atoms with van der Waals surface area (Å²) in [5.74, 6) is -6.53. The molecule has 0 aliphatic heterocycles. The van der Waals surface area contributed by atoms with E-state index in [1.165, 1.54) is 18.2 Å². The summed E-state index contributed by atoms with van der Waals surface area (Å²) in [6, 6.07) is 5.98. The van der Waals surface area contributed by atoms with Gasteiger partial charge in [0.2, 0.25) is 5.41 Å². The van der Waals surface area contributed by atoms with Gasteiger partial charge in [0.05, 0.1) is 0 Å². The molecular formula is C13H10O6. The summed E-state index contributed by atoms with van der Waals surface area (Å²) in [5.41, 5.74) is -2.13. The summed E-state index contributed by atoms with van der Waals surface area (Å²) >= 11 is 0. The van der Waals surface area contributed by atoms with E-state index in [4.69, 9.17) is 5.11 Å². The van der Waals surface area contributed by atoms with Gasteiger partial charge in [-0.25, -0.2) is 0 Å². The molecule has 1 aliphatic rings.